The van der Waals surface area contributed by atoms with E-state index in [9.17, 15) is 8.42 Å². The van der Waals surface area contributed by atoms with Crippen molar-refractivity contribution in [2.45, 2.75) is 30.7 Å². The molecule has 0 bridgehead atoms. The molecule has 5 heteroatoms. The van der Waals surface area contributed by atoms with E-state index < -0.39 is 9.84 Å². The maximum atomic E-state index is 11.9. The molecule has 0 unspecified atom stereocenters. The minimum absolute atomic E-state index is 0.286. The van der Waals surface area contributed by atoms with Gasteiger partial charge in [-0.05, 0) is 49.5 Å². The fourth-order valence-electron chi connectivity index (χ4n) is 2.26. The molecule has 0 radical (unpaired) electrons. The third-order valence-corrected chi connectivity index (χ3v) is 5.10. The molecule has 3 N–H and O–H groups in total. The quantitative estimate of drug-likeness (QED) is 0.776. The first-order chi connectivity index (χ1) is 8.63. The van der Waals surface area contributed by atoms with Crippen LogP contribution in [-0.4, -0.2) is 27.3 Å². The number of hydrogen-bond donors (Lipinski definition) is 2. The van der Waals surface area contributed by atoms with Crippen LogP contribution in [0.25, 0.3) is 0 Å². The van der Waals surface area contributed by atoms with Crippen molar-refractivity contribution in [3.8, 4) is 0 Å². The van der Waals surface area contributed by atoms with Gasteiger partial charge in [0.05, 0.1) is 10.6 Å². The molecule has 0 fully saturated rings. The van der Waals surface area contributed by atoms with Gasteiger partial charge in [0.15, 0.2) is 9.84 Å². The Labute approximate surface area is 108 Å². The first-order valence-corrected chi connectivity index (χ1v) is 8.04. The van der Waals surface area contributed by atoms with Gasteiger partial charge in [-0.3, -0.25) is 0 Å². The molecule has 1 aromatic carbocycles. The number of nitrogens with one attached hydrogen (secondary N) is 1. The monoisotopic (exact) mass is 268 g/mol. The molecule has 0 amide bonds. The van der Waals surface area contributed by atoms with Gasteiger partial charge in [-0.15, -0.1) is 0 Å². The van der Waals surface area contributed by atoms with E-state index in [0.29, 0.717) is 11.4 Å². The number of hydrogen-bond acceptors (Lipinski definition) is 4. The Balaban J connectivity index is 2.08. The van der Waals surface area contributed by atoms with Crippen LogP contribution in [0.2, 0.25) is 0 Å². The van der Waals surface area contributed by atoms with E-state index in [4.69, 9.17) is 5.73 Å². The molecule has 1 aliphatic heterocycles. The van der Waals surface area contributed by atoms with Crippen LogP contribution in [0.3, 0.4) is 0 Å². The molecule has 4 nitrogen and oxygen atoms in total. The number of sulfone groups is 1. The average molecular weight is 268 g/mol. The summed E-state index contributed by atoms with van der Waals surface area (Å²) in [5, 5.41) is 3.30. The lowest BCUT2D eigenvalue weighted by molar-refractivity contribution is 0.586. The predicted molar refractivity (Wildman–Crippen MR) is 72.2 cm³/mol. The molecule has 0 aliphatic carbocycles. The molecular weight excluding hydrogens is 248 g/mol. The molecular formula is C13H20N2O2S. The van der Waals surface area contributed by atoms with Crippen LogP contribution in [0.1, 0.15) is 24.0 Å². The summed E-state index contributed by atoms with van der Waals surface area (Å²) in [7, 11) is -3.02. The number of fused-ring (bicyclic) bond motifs is 1. The highest BCUT2D eigenvalue weighted by molar-refractivity contribution is 7.91. The molecule has 1 heterocycles. The Hall–Kier alpha value is -0.910. The number of nitrogens with two attached hydrogens (primary N) is 1. The van der Waals surface area contributed by atoms with Gasteiger partial charge in [-0.1, -0.05) is 12.1 Å². The van der Waals surface area contributed by atoms with Gasteiger partial charge >= 0.3 is 0 Å². The minimum Gasteiger partial charge on any atom is -0.330 e. The zero-order chi connectivity index (χ0) is 13.0. The lowest BCUT2D eigenvalue weighted by atomic mass is 10.1. The maximum Gasteiger partial charge on any atom is 0.178 e. The van der Waals surface area contributed by atoms with Crippen molar-refractivity contribution in [2.24, 2.45) is 5.73 Å². The van der Waals surface area contributed by atoms with Crippen LogP contribution < -0.4 is 11.1 Å². The van der Waals surface area contributed by atoms with Crippen LogP contribution in [0.15, 0.2) is 23.1 Å². The standard InChI is InChI=1S/C13H20N2O2S/c14-6-2-7-15-10-11-4-5-13-12(9-11)3-1-8-18(13,16)17/h4-5,9,15H,1-3,6-8,10,14H2. The number of benzene rings is 1. The van der Waals surface area contributed by atoms with Gasteiger partial charge in [0.25, 0.3) is 0 Å². The van der Waals surface area contributed by atoms with Crippen molar-refractivity contribution < 1.29 is 8.42 Å². The van der Waals surface area contributed by atoms with Crippen LogP contribution >= 0.6 is 0 Å². The van der Waals surface area contributed by atoms with Crippen molar-refractivity contribution in [3.63, 3.8) is 0 Å². The number of rotatable bonds is 5. The van der Waals surface area contributed by atoms with Crippen molar-refractivity contribution in [2.75, 3.05) is 18.8 Å². The van der Waals surface area contributed by atoms with Gasteiger partial charge in [0, 0.05) is 6.54 Å². The molecule has 0 atom stereocenters. The second kappa shape index (κ2) is 5.82. The molecule has 18 heavy (non-hydrogen) atoms. The van der Waals surface area contributed by atoms with Crippen LogP contribution in [0.5, 0.6) is 0 Å². The topological polar surface area (TPSA) is 72.2 Å². The van der Waals surface area contributed by atoms with Crippen LogP contribution in [0.4, 0.5) is 0 Å². The summed E-state index contributed by atoms with van der Waals surface area (Å²) in [6.45, 7) is 2.36. The Morgan fingerprint density at radius 3 is 2.94 bits per heavy atom. The first kappa shape index (κ1) is 13.5. The van der Waals surface area contributed by atoms with E-state index in [-0.39, 0.29) is 5.75 Å². The summed E-state index contributed by atoms with van der Waals surface area (Å²) in [5.41, 5.74) is 7.54. The van der Waals surface area contributed by atoms with Gasteiger partial charge in [0.1, 0.15) is 0 Å². The van der Waals surface area contributed by atoms with Crippen molar-refractivity contribution in [1.29, 1.82) is 0 Å². The maximum absolute atomic E-state index is 11.9. The highest BCUT2D eigenvalue weighted by Gasteiger charge is 2.23. The summed E-state index contributed by atoms with van der Waals surface area (Å²) >= 11 is 0. The largest absolute Gasteiger partial charge is 0.330 e. The van der Waals surface area contributed by atoms with Crippen molar-refractivity contribution in [3.05, 3.63) is 29.3 Å². The van der Waals surface area contributed by atoms with Crippen LogP contribution in [-0.2, 0) is 22.8 Å². The number of aryl methyl sites for hydroxylation is 1. The van der Waals surface area contributed by atoms with E-state index >= 15 is 0 Å². The lowest BCUT2D eigenvalue weighted by Crippen LogP contribution is -2.19. The molecule has 100 valence electrons. The summed E-state index contributed by atoms with van der Waals surface area (Å²) < 4.78 is 23.7. The zero-order valence-corrected chi connectivity index (χ0v) is 11.3. The Morgan fingerprint density at radius 1 is 1.33 bits per heavy atom. The van der Waals surface area contributed by atoms with Crippen LogP contribution in [0, 0.1) is 0 Å². The van der Waals surface area contributed by atoms with Gasteiger partial charge in [0.2, 0.25) is 0 Å². The Kier molecular flexibility index (Phi) is 4.37. The Morgan fingerprint density at radius 2 is 2.17 bits per heavy atom. The first-order valence-electron chi connectivity index (χ1n) is 6.39. The third kappa shape index (κ3) is 3.10. The van der Waals surface area contributed by atoms with Gasteiger partial charge in [-0.25, -0.2) is 8.42 Å². The Bertz CT molecular complexity index is 512. The fourth-order valence-corrected chi connectivity index (χ4v) is 3.84. The van der Waals surface area contributed by atoms with Gasteiger partial charge < -0.3 is 11.1 Å². The zero-order valence-electron chi connectivity index (χ0n) is 10.5. The van der Waals surface area contributed by atoms with E-state index in [0.717, 1.165) is 43.5 Å². The second-order valence-electron chi connectivity index (χ2n) is 4.68. The molecule has 1 aromatic rings. The summed E-state index contributed by atoms with van der Waals surface area (Å²) in [4.78, 5) is 0.527. The SMILES string of the molecule is NCCCNCc1ccc2c(c1)CCCS2(=O)=O. The predicted octanol–water partition coefficient (Wildman–Crippen LogP) is 0.845. The average Bonchev–Trinajstić information content (AvgIpc) is 2.34. The van der Waals surface area contributed by atoms with Crippen molar-refractivity contribution in [1.82, 2.24) is 5.32 Å². The molecule has 2 rings (SSSR count). The van der Waals surface area contributed by atoms with E-state index in [1.807, 2.05) is 12.1 Å². The second-order valence-corrected chi connectivity index (χ2v) is 6.76. The molecule has 0 saturated heterocycles. The molecule has 1 aliphatic rings. The van der Waals surface area contributed by atoms with Gasteiger partial charge in [-0.2, -0.15) is 0 Å². The van der Waals surface area contributed by atoms with Crippen molar-refractivity contribution >= 4 is 9.84 Å². The smallest absolute Gasteiger partial charge is 0.178 e. The normalized spacial score (nSPS) is 17.4. The molecule has 0 spiro atoms. The van der Waals surface area contributed by atoms with E-state index in [1.165, 1.54) is 0 Å². The minimum atomic E-state index is -3.02. The third-order valence-electron chi connectivity index (χ3n) is 3.21. The highest BCUT2D eigenvalue weighted by Crippen LogP contribution is 2.25. The molecule has 0 saturated carbocycles. The van der Waals surface area contributed by atoms with E-state index in [2.05, 4.69) is 5.32 Å². The fraction of sp³-hybridized carbons (Fsp3) is 0.538. The summed E-state index contributed by atoms with van der Waals surface area (Å²) in [5.74, 6) is 0.286. The van der Waals surface area contributed by atoms with E-state index in [1.54, 1.807) is 6.07 Å². The summed E-state index contributed by atoms with van der Waals surface area (Å²) in [6.07, 6.45) is 2.56. The molecule has 0 aromatic heterocycles. The lowest BCUT2D eigenvalue weighted by Gasteiger charge is -2.17. The summed E-state index contributed by atoms with van der Waals surface area (Å²) in [6, 6.07) is 5.67. The highest BCUT2D eigenvalue weighted by atomic mass is 32.2.